The highest BCUT2D eigenvalue weighted by atomic mass is 15.3. The quantitative estimate of drug-likeness (QED) is 0.888. The Morgan fingerprint density at radius 2 is 1.89 bits per heavy atom. The zero-order valence-electron chi connectivity index (χ0n) is 11.1. The maximum Gasteiger partial charge on any atom is 0.151 e. The number of piperazine rings is 1. The number of hydrogen-bond donors (Lipinski definition) is 1. The largest absolute Gasteiger partial charge is 0.353 e. The number of aromatic nitrogens is 2. The van der Waals surface area contributed by atoms with Gasteiger partial charge in [0.1, 0.15) is 0 Å². The van der Waals surface area contributed by atoms with Crippen molar-refractivity contribution in [3.63, 3.8) is 0 Å². The predicted octanol–water partition coefficient (Wildman–Crippen LogP) is 1.86. The Hall–Kier alpha value is -1.94. The number of hydrogen-bond acceptors (Lipinski definition) is 4. The molecule has 19 heavy (non-hydrogen) atoms. The van der Waals surface area contributed by atoms with Gasteiger partial charge in [-0.25, -0.2) is 0 Å². The molecule has 2 heterocycles. The molecular weight excluding hydrogens is 236 g/mol. The fourth-order valence-electron chi connectivity index (χ4n) is 2.35. The lowest BCUT2D eigenvalue weighted by atomic mass is 10.1. The molecule has 3 rings (SSSR count). The summed E-state index contributed by atoms with van der Waals surface area (Å²) in [5.41, 5.74) is 3.30. The van der Waals surface area contributed by atoms with E-state index in [1.54, 1.807) is 0 Å². The second-order valence-corrected chi connectivity index (χ2v) is 4.88. The van der Waals surface area contributed by atoms with E-state index in [1.165, 1.54) is 5.56 Å². The standard InChI is InChI=1S/C15H18N4/c1-12-3-2-4-13(11-12)14-5-6-15(18-17-14)19-9-7-16-8-10-19/h2-6,11,16H,7-10H2,1H3. The summed E-state index contributed by atoms with van der Waals surface area (Å²) < 4.78 is 0. The predicted molar refractivity (Wildman–Crippen MR) is 77.3 cm³/mol. The third kappa shape index (κ3) is 2.74. The summed E-state index contributed by atoms with van der Waals surface area (Å²) in [4.78, 5) is 2.27. The molecule has 1 aliphatic heterocycles. The van der Waals surface area contributed by atoms with Crippen molar-refractivity contribution in [1.29, 1.82) is 0 Å². The average molecular weight is 254 g/mol. The fraction of sp³-hybridized carbons (Fsp3) is 0.333. The van der Waals surface area contributed by atoms with Crippen molar-refractivity contribution < 1.29 is 0 Å². The summed E-state index contributed by atoms with van der Waals surface area (Å²) in [6, 6.07) is 12.5. The van der Waals surface area contributed by atoms with E-state index in [2.05, 4.69) is 63.7 Å². The van der Waals surface area contributed by atoms with E-state index in [9.17, 15) is 0 Å². The third-order valence-electron chi connectivity index (χ3n) is 3.41. The highest BCUT2D eigenvalue weighted by Gasteiger charge is 2.12. The molecule has 0 spiro atoms. The summed E-state index contributed by atoms with van der Waals surface area (Å²) in [5.74, 6) is 0.970. The molecule has 1 aromatic heterocycles. The minimum absolute atomic E-state index is 0.933. The molecule has 1 saturated heterocycles. The van der Waals surface area contributed by atoms with E-state index in [4.69, 9.17) is 0 Å². The van der Waals surface area contributed by atoms with Crippen molar-refractivity contribution in [2.75, 3.05) is 31.1 Å². The Balaban J connectivity index is 1.82. The summed E-state index contributed by atoms with van der Waals surface area (Å²) >= 11 is 0. The van der Waals surface area contributed by atoms with Crippen molar-refractivity contribution in [2.24, 2.45) is 0 Å². The van der Waals surface area contributed by atoms with Gasteiger partial charge >= 0.3 is 0 Å². The van der Waals surface area contributed by atoms with Gasteiger partial charge in [-0.3, -0.25) is 0 Å². The number of nitrogens with one attached hydrogen (secondary N) is 1. The SMILES string of the molecule is Cc1cccc(-c2ccc(N3CCNCC3)nn2)c1. The normalized spacial score (nSPS) is 15.5. The monoisotopic (exact) mass is 254 g/mol. The van der Waals surface area contributed by atoms with Gasteiger partial charge in [0.25, 0.3) is 0 Å². The van der Waals surface area contributed by atoms with Crippen molar-refractivity contribution in [1.82, 2.24) is 15.5 Å². The highest BCUT2D eigenvalue weighted by Crippen LogP contribution is 2.19. The molecule has 0 bridgehead atoms. The first-order valence-electron chi connectivity index (χ1n) is 6.69. The van der Waals surface area contributed by atoms with Crippen molar-refractivity contribution in [3.8, 4) is 11.3 Å². The van der Waals surface area contributed by atoms with E-state index in [0.717, 1.165) is 43.3 Å². The molecule has 0 aliphatic carbocycles. The Labute approximate surface area is 113 Å². The van der Waals surface area contributed by atoms with Crippen LogP contribution in [-0.4, -0.2) is 36.4 Å². The van der Waals surface area contributed by atoms with Crippen LogP contribution >= 0.6 is 0 Å². The van der Waals surface area contributed by atoms with Gasteiger partial charge in [0, 0.05) is 31.7 Å². The Kier molecular flexibility index (Phi) is 3.42. The van der Waals surface area contributed by atoms with Gasteiger partial charge in [0.2, 0.25) is 0 Å². The van der Waals surface area contributed by atoms with Crippen LogP contribution < -0.4 is 10.2 Å². The lowest BCUT2D eigenvalue weighted by molar-refractivity contribution is 0.583. The molecule has 0 atom stereocenters. The van der Waals surface area contributed by atoms with Crippen molar-refractivity contribution in [3.05, 3.63) is 42.0 Å². The summed E-state index contributed by atoms with van der Waals surface area (Å²) in [5, 5.41) is 12.0. The van der Waals surface area contributed by atoms with Crippen molar-refractivity contribution in [2.45, 2.75) is 6.92 Å². The average Bonchev–Trinajstić information content (AvgIpc) is 2.48. The molecule has 4 heteroatoms. The Morgan fingerprint density at radius 1 is 1.05 bits per heavy atom. The second kappa shape index (κ2) is 5.36. The van der Waals surface area contributed by atoms with Crippen LogP contribution in [0.3, 0.4) is 0 Å². The molecule has 0 radical (unpaired) electrons. The zero-order chi connectivity index (χ0) is 13.1. The van der Waals surface area contributed by atoms with E-state index >= 15 is 0 Å². The molecule has 1 aliphatic rings. The fourth-order valence-corrected chi connectivity index (χ4v) is 2.35. The Bertz CT molecular complexity index is 544. The lowest BCUT2D eigenvalue weighted by Crippen LogP contribution is -2.43. The molecule has 98 valence electrons. The molecule has 1 fully saturated rings. The molecule has 1 N–H and O–H groups in total. The van der Waals surface area contributed by atoms with E-state index in [1.807, 2.05) is 0 Å². The second-order valence-electron chi connectivity index (χ2n) is 4.88. The van der Waals surface area contributed by atoms with Gasteiger partial charge in [0.15, 0.2) is 5.82 Å². The smallest absolute Gasteiger partial charge is 0.151 e. The molecule has 0 unspecified atom stereocenters. The Morgan fingerprint density at radius 3 is 2.58 bits per heavy atom. The number of rotatable bonds is 2. The van der Waals surface area contributed by atoms with Gasteiger partial charge in [-0.15, -0.1) is 10.2 Å². The first-order valence-corrected chi connectivity index (χ1v) is 6.69. The molecular formula is C15H18N4. The minimum atomic E-state index is 0.933. The van der Waals surface area contributed by atoms with Crippen LogP contribution in [0.25, 0.3) is 11.3 Å². The van der Waals surface area contributed by atoms with Crippen LogP contribution in [0, 0.1) is 6.92 Å². The maximum absolute atomic E-state index is 4.36. The van der Waals surface area contributed by atoms with E-state index in [0.29, 0.717) is 0 Å². The number of nitrogens with zero attached hydrogens (tertiary/aromatic N) is 3. The van der Waals surface area contributed by atoms with E-state index < -0.39 is 0 Å². The number of anilines is 1. The van der Waals surface area contributed by atoms with Crippen LogP contribution in [0.1, 0.15) is 5.56 Å². The summed E-state index contributed by atoms with van der Waals surface area (Å²) in [6.45, 7) is 6.12. The maximum atomic E-state index is 4.36. The summed E-state index contributed by atoms with van der Waals surface area (Å²) in [6.07, 6.45) is 0. The molecule has 1 aromatic carbocycles. The van der Waals surface area contributed by atoms with Crippen molar-refractivity contribution >= 4 is 5.82 Å². The number of aryl methyl sites for hydroxylation is 1. The van der Waals surface area contributed by atoms with Gasteiger partial charge in [0.05, 0.1) is 5.69 Å². The number of benzene rings is 1. The zero-order valence-corrected chi connectivity index (χ0v) is 11.1. The first-order chi connectivity index (χ1) is 9.33. The molecule has 2 aromatic rings. The molecule has 0 saturated carbocycles. The van der Waals surface area contributed by atoms with E-state index in [-0.39, 0.29) is 0 Å². The van der Waals surface area contributed by atoms with Gasteiger partial charge in [-0.05, 0) is 25.1 Å². The minimum Gasteiger partial charge on any atom is -0.353 e. The van der Waals surface area contributed by atoms with Crippen LogP contribution in [0.5, 0.6) is 0 Å². The summed E-state index contributed by atoms with van der Waals surface area (Å²) in [7, 11) is 0. The van der Waals surface area contributed by atoms with Crippen LogP contribution in [0.2, 0.25) is 0 Å². The first kappa shape index (κ1) is 12.1. The van der Waals surface area contributed by atoms with Gasteiger partial charge in [-0.2, -0.15) is 0 Å². The van der Waals surface area contributed by atoms with Crippen LogP contribution in [0.4, 0.5) is 5.82 Å². The lowest BCUT2D eigenvalue weighted by Gasteiger charge is -2.27. The highest BCUT2D eigenvalue weighted by molar-refractivity contribution is 5.60. The molecule has 4 nitrogen and oxygen atoms in total. The van der Waals surface area contributed by atoms with Gasteiger partial charge in [-0.1, -0.05) is 23.8 Å². The van der Waals surface area contributed by atoms with Crippen LogP contribution in [0.15, 0.2) is 36.4 Å². The molecule has 0 amide bonds. The third-order valence-corrected chi connectivity index (χ3v) is 3.41. The van der Waals surface area contributed by atoms with Crippen LogP contribution in [-0.2, 0) is 0 Å². The van der Waals surface area contributed by atoms with Gasteiger partial charge < -0.3 is 10.2 Å². The topological polar surface area (TPSA) is 41.0 Å².